The van der Waals surface area contributed by atoms with Gasteiger partial charge in [-0.2, -0.15) is 0 Å². The van der Waals surface area contributed by atoms with Gasteiger partial charge in [-0.25, -0.2) is 0 Å². The zero-order valence-electron chi connectivity index (χ0n) is 27.3. The Kier molecular flexibility index (Phi) is 7.83. The van der Waals surface area contributed by atoms with E-state index in [-0.39, 0.29) is 0 Å². The van der Waals surface area contributed by atoms with Gasteiger partial charge in [-0.1, -0.05) is 113 Å². The third-order valence-corrected chi connectivity index (χ3v) is 10.1. The lowest BCUT2D eigenvalue weighted by Crippen LogP contribution is -2.00. The molecule has 4 nitrogen and oxygen atoms in total. The van der Waals surface area contributed by atoms with Gasteiger partial charge in [-0.05, 0) is 77.4 Å². The van der Waals surface area contributed by atoms with Gasteiger partial charge in [0, 0.05) is 44.3 Å². The SMILES string of the molecule is BrCc1cc(OCc2ccc(-n3c4ccccc4c4ccccc43)cc2)cc(OCc2ccc(-n3c4ccccc4c4ccccc43)cc2)c1. The maximum atomic E-state index is 6.32. The van der Waals surface area contributed by atoms with Crippen LogP contribution in [0.15, 0.2) is 164 Å². The van der Waals surface area contributed by atoms with Crippen LogP contribution < -0.4 is 9.47 Å². The van der Waals surface area contributed by atoms with Gasteiger partial charge in [0.1, 0.15) is 24.7 Å². The normalized spacial score (nSPS) is 11.5. The molecule has 0 saturated carbocycles. The van der Waals surface area contributed by atoms with E-state index in [9.17, 15) is 0 Å². The van der Waals surface area contributed by atoms with Crippen molar-refractivity contribution in [1.29, 1.82) is 0 Å². The second-order valence-corrected chi connectivity index (χ2v) is 13.2. The number of halogens is 1. The lowest BCUT2D eigenvalue weighted by molar-refractivity contribution is 0.289. The molecule has 0 aliphatic heterocycles. The first-order valence-electron chi connectivity index (χ1n) is 16.8. The number of aromatic nitrogens is 2. The molecule has 7 aromatic carbocycles. The minimum Gasteiger partial charge on any atom is -0.489 e. The number of benzene rings is 7. The molecule has 0 N–H and O–H groups in total. The molecule has 0 spiro atoms. The predicted octanol–water partition coefficient (Wildman–Crippen LogP) is 11.9. The first-order chi connectivity index (χ1) is 24.7. The lowest BCUT2D eigenvalue weighted by atomic mass is 10.2. The molecule has 0 aliphatic carbocycles. The first kappa shape index (κ1) is 30.3. The highest BCUT2D eigenvalue weighted by Gasteiger charge is 2.13. The van der Waals surface area contributed by atoms with Crippen LogP contribution in [0.3, 0.4) is 0 Å². The van der Waals surface area contributed by atoms with E-state index >= 15 is 0 Å². The standard InChI is InChI=1S/C45H33BrN2O2/c46-28-33-25-36(49-29-31-17-21-34(22-18-31)47-42-13-5-1-9-38(42)39-10-2-6-14-43(39)47)27-37(26-33)50-30-32-19-23-35(24-20-32)48-44-15-7-3-11-40(44)41-12-4-8-16-45(41)48/h1-27H,28-30H2. The topological polar surface area (TPSA) is 28.3 Å². The molecular weight excluding hydrogens is 680 g/mol. The van der Waals surface area contributed by atoms with Gasteiger partial charge in [-0.3, -0.25) is 0 Å². The van der Waals surface area contributed by atoms with Crippen LogP contribution in [0.5, 0.6) is 11.5 Å². The molecule has 0 bridgehead atoms. The monoisotopic (exact) mass is 712 g/mol. The van der Waals surface area contributed by atoms with Crippen LogP contribution in [-0.2, 0) is 18.5 Å². The van der Waals surface area contributed by atoms with Crippen LogP contribution in [0, 0.1) is 0 Å². The van der Waals surface area contributed by atoms with E-state index in [0.717, 1.165) is 39.6 Å². The van der Waals surface area contributed by atoms with Crippen molar-refractivity contribution < 1.29 is 9.47 Å². The highest BCUT2D eigenvalue weighted by atomic mass is 79.9. The minimum absolute atomic E-state index is 0.461. The van der Waals surface area contributed by atoms with Crippen molar-refractivity contribution in [3.8, 4) is 22.9 Å². The summed E-state index contributed by atoms with van der Waals surface area (Å²) in [6.45, 7) is 0.922. The number of fused-ring (bicyclic) bond motifs is 6. The molecule has 50 heavy (non-hydrogen) atoms. The smallest absolute Gasteiger partial charge is 0.123 e. The summed E-state index contributed by atoms with van der Waals surface area (Å²) >= 11 is 3.62. The average Bonchev–Trinajstić information content (AvgIpc) is 3.70. The highest BCUT2D eigenvalue weighted by Crippen LogP contribution is 2.34. The number of para-hydroxylation sites is 4. The summed E-state index contributed by atoms with van der Waals surface area (Å²) in [6, 6.07) is 57.7. The third-order valence-electron chi connectivity index (χ3n) is 9.45. The van der Waals surface area contributed by atoms with Gasteiger partial charge >= 0.3 is 0 Å². The van der Waals surface area contributed by atoms with Crippen molar-refractivity contribution in [1.82, 2.24) is 9.13 Å². The van der Waals surface area contributed by atoms with E-state index in [0.29, 0.717) is 18.5 Å². The number of ether oxygens (including phenoxy) is 2. The summed E-state index contributed by atoms with van der Waals surface area (Å²) in [5, 5.41) is 5.75. The fourth-order valence-electron chi connectivity index (χ4n) is 7.09. The molecule has 9 aromatic rings. The number of alkyl halides is 1. The van der Waals surface area contributed by atoms with Crippen LogP contribution in [0.2, 0.25) is 0 Å². The van der Waals surface area contributed by atoms with Gasteiger partial charge in [0.15, 0.2) is 0 Å². The molecule has 0 amide bonds. The fraction of sp³-hybridized carbons (Fsp3) is 0.0667. The Morgan fingerprint density at radius 3 is 1.06 bits per heavy atom. The molecule has 2 heterocycles. The van der Waals surface area contributed by atoms with E-state index in [1.807, 2.05) is 6.07 Å². The lowest BCUT2D eigenvalue weighted by Gasteiger charge is -2.13. The van der Waals surface area contributed by atoms with Crippen LogP contribution in [0.1, 0.15) is 16.7 Å². The van der Waals surface area contributed by atoms with Crippen LogP contribution in [0.25, 0.3) is 55.0 Å². The molecule has 242 valence electrons. The van der Waals surface area contributed by atoms with Gasteiger partial charge in [0.2, 0.25) is 0 Å². The summed E-state index contributed by atoms with van der Waals surface area (Å²) in [7, 11) is 0. The quantitative estimate of drug-likeness (QED) is 0.139. The number of rotatable bonds is 9. The maximum Gasteiger partial charge on any atom is 0.123 e. The summed E-state index contributed by atoms with van der Waals surface area (Å²) in [5.74, 6) is 1.57. The van der Waals surface area contributed by atoms with Crippen LogP contribution in [-0.4, -0.2) is 9.13 Å². The molecule has 0 fully saturated rings. The third kappa shape index (κ3) is 5.50. The molecule has 2 aromatic heterocycles. The first-order valence-corrected chi connectivity index (χ1v) is 18.0. The Morgan fingerprint density at radius 1 is 0.380 bits per heavy atom. The maximum absolute atomic E-state index is 6.32. The summed E-state index contributed by atoms with van der Waals surface area (Å²) in [4.78, 5) is 0. The number of hydrogen-bond acceptors (Lipinski definition) is 2. The van der Waals surface area contributed by atoms with Gasteiger partial charge in [0.05, 0.1) is 22.1 Å². The number of nitrogens with zero attached hydrogens (tertiary/aromatic N) is 2. The van der Waals surface area contributed by atoms with Gasteiger partial charge < -0.3 is 18.6 Å². The average molecular weight is 714 g/mol. The zero-order valence-corrected chi connectivity index (χ0v) is 28.9. The molecule has 0 unspecified atom stereocenters. The molecule has 0 radical (unpaired) electrons. The molecule has 0 saturated heterocycles. The van der Waals surface area contributed by atoms with E-state index in [1.54, 1.807) is 0 Å². The van der Waals surface area contributed by atoms with Crippen molar-refractivity contribution in [3.05, 3.63) is 180 Å². The van der Waals surface area contributed by atoms with Crippen molar-refractivity contribution in [2.45, 2.75) is 18.5 Å². The van der Waals surface area contributed by atoms with Crippen molar-refractivity contribution >= 4 is 59.5 Å². The Morgan fingerprint density at radius 2 is 0.720 bits per heavy atom. The fourth-order valence-corrected chi connectivity index (χ4v) is 7.42. The second-order valence-electron chi connectivity index (χ2n) is 12.6. The number of hydrogen-bond donors (Lipinski definition) is 0. The highest BCUT2D eigenvalue weighted by molar-refractivity contribution is 9.08. The Bertz CT molecular complexity index is 2350. The molecular formula is C45H33BrN2O2. The Labute approximate surface area is 298 Å². The summed E-state index contributed by atoms with van der Waals surface area (Å²) in [5.41, 5.74) is 10.4. The second kappa shape index (κ2) is 12.9. The molecule has 5 heteroatoms. The molecule has 0 atom stereocenters. The Hall–Kier alpha value is -5.78. The van der Waals surface area contributed by atoms with Crippen molar-refractivity contribution in [3.63, 3.8) is 0 Å². The van der Waals surface area contributed by atoms with E-state index < -0.39 is 0 Å². The Balaban J connectivity index is 0.901. The molecule has 0 aliphatic rings. The van der Waals surface area contributed by atoms with Crippen LogP contribution in [0.4, 0.5) is 0 Å². The van der Waals surface area contributed by atoms with E-state index in [4.69, 9.17) is 9.47 Å². The van der Waals surface area contributed by atoms with Crippen molar-refractivity contribution in [2.75, 3.05) is 0 Å². The summed E-state index contributed by atoms with van der Waals surface area (Å²) in [6.07, 6.45) is 0. The van der Waals surface area contributed by atoms with E-state index in [1.165, 1.54) is 43.6 Å². The largest absolute Gasteiger partial charge is 0.489 e. The van der Waals surface area contributed by atoms with Crippen LogP contribution >= 0.6 is 15.9 Å². The minimum atomic E-state index is 0.461. The van der Waals surface area contributed by atoms with Gasteiger partial charge in [-0.15, -0.1) is 0 Å². The predicted molar refractivity (Wildman–Crippen MR) is 209 cm³/mol. The zero-order chi connectivity index (χ0) is 33.4. The summed E-state index contributed by atoms with van der Waals surface area (Å²) < 4.78 is 17.3. The van der Waals surface area contributed by atoms with E-state index in [2.05, 4.69) is 183 Å². The van der Waals surface area contributed by atoms with Crippen molar-refractivity contribution in [2.24, 2.45) is 0 Å². The molecule has 9 rings (SSSR count). The van der Waals surface area contributed by atoms with Gasteiger partial charge in [0.25, 0.3) is 0 Å².